The van der Waals surface area contributed by atoms with Gasteiger partial charge in [-0.2, -0.15) is 0 Å². The van der Waals surface area contributed by atoms with Gasteiger partial charge in [-0.15, -0.1) is 0 Å². The molecule has 0 unspecified atom stereocenters. The second-order valence-corrected chi connectivity index (χ2v) is 8.37. The molecule has 3 nitrogen and oxygen atoms in total. The number of halogens is 4. The molecule has 0 aliphatic heterocycles. The van der Waals surface area contributed by atoms with Gasteiger partial charge in [-0.3, -0.25) is 4.79 Å². The maximum atomic E-state index is 12.4. The van der Waals surface area contributed by atoms with Crippen molar-refractivity contribution in [2.24, 2.45) is 0 Å². The minimum absolute atomic E-state index is 0.174. The highest BCUT2D eigenvalue weighted by Crippen LogP contribution is 2.30. The number of carbonyl (C=O) groups excluding carboxylic acids is 1. The number of carbonyl (C=O) groups is 1. The van der Waals surface area contributed by atoms with Crippen LogP contribution >= 0.6 is 50.7 Å². The zero-order chi connectivity index (χ0) is 21.7. The van der Waals surface area contributed by atoms with Crippen molar-refractivity contribution in [2.45, 2.75) is 6.61 Å². The Morgan fingerprint density at radius 2 is 1.73 bits per heavy atom. The minimum Gasteiger partial charge on any atom is -0.496 e. The van der Waals surface area contributed by atoms with E-state index in [1.54, 1.807) is 49.6 Å². The van der Waals surface area contributed by atoms with Gasteiger partial charge in [0.1, 0.15) is 18.1 Å². The van der Waals surface area contributed by atoms with E-state index in [-0.39, 0.29) is 12.4 Å². The van der Waals surface area contributed by atoms with E-state index in [0.717, 1.165) is 15.6 Å². The van der Waals surface area contributed by atoms with Crippen molar-refractivity contribution in [1.82, 2.24) is 0 Å². The molecular weight excluding hydrogens is 511 g/mol. The summed E-state index contributed by atoms with van der Waals surface area (Å²) in [6.07, 6.45) is 3.22. The molecule has 0 aliphatic rings. The topological polar surface area (TPSA) is 35.5 Å². The molecule has 0 fully saturated rings. The van der Waals surface area contributed by atoms with E-state index in [1.807, 2.05) is 18.2 Å². The Bertz CT molecular complexity index is 1110. The first-order valence-corrected chi connectivity index (χ1v) is 10.7. The van der Waals surface area contributed by atoms with E-state index < -0.39 is 0 Å². The quantitative estimate of drug-likeness (QED) is 0.232. The Morgan fingerprint density at radius 3 is 2.43 bits per heavy atom. The lowest BCUT2D eigenvalue weighted by Gasteiger charge is -2.12. The second kappa shape index (κ2) is 10.4. The van der Waals surface area contributed by atoms with Crippen LogP contribution in [0, 0.1) is 0 Å². The number of allylic oxidation sites excluding steroid dienone is 1. The third kappa shape index (κ3) is 5.79. The molecule has 3 aromatic rings. The first-order chi connectivity index (χ1) is 14.4. The fourth-order valence-corrected chi connectivity index (χ4v) is 3.78. The van der Waals surface area contributed by atoms with Gasteiger partial charge >= 0.3 is 0 Å². The second-order valence-electron chi connectivity index (χ2n) is 6.26. The van der Waals surface area contributed by atoms with Crippen LogP contribution in [0.4, 0.5) is 0 Å². The summed E-state index contributed by atoms with van der Waals surface area (Å²) in [5.74, 6) is 1.18. The van der Waals surface area contributed by atoms with E-state index in [2.05, 4.69) is 15.9 Å². The number of hydrogen-bond donors (Lipinski definition) is 0. The van der Waals surface area contributed by atoms with Crippen molar-refractivity contribution < 1.29 is 14.3 Å². The zero-order valence-corrected chi connectivity index (χ0v) is 19.6. The molecule has 3 rings (SSSR count). The number of ether oxygens (including phenoxy) is 2. The number of benzene rings is 3. The molecule has 0 saturated heterocycles. The lowest BCUT2D eigenvalue weighted by molar-refractivity contribution is 0.104. The predicted octanol–water partition coefficient (Wildman–Crippen LogP) is 7.89. The van der Waals surface area contributed by atoms with Gasteiger partial charge in [0.25, 0.3) is 0 Å². The van der Waals surface area contributed by atoms with Crippen LogP contribution in [0.3, 0.4) is 0 Å². The van der Waals surface area contributed by atoms with Gasteiger partial charge in [0.2, 0.25) is 0 Å². The summed E-state index contributed by atoms with van der Waals surface area (Å²) >= 11 is 21.3. The molecule has 0 aliphatic carbocycles. The summed E-state index contributed by atoms with van der Waals surface area (Å²) < 4.78 is 12.1. The molecule has 0 bridgehead atoms. The fraction of sp³-hybridized carbons (Fsp3) is 0.0870. The average Bonchev–Trinajstić information content (AvgIpc) is 2.73. The number of rotatable bonds is 7. The van der Waals surface area contributed by atoms with Gasteiger partial charge in [-0.1, -0.05) is 46.9 Å². The summed E-state index contributed by atoms with van der Waals surface area (Å²) in [5.41, 5.74) is 2.13. The molecule has 0 amide bonds. The van der Waals surface area contributed by atoms with Gasteiger partial charge in [-0.25, -0.2) is 0 Å². The Morgan fingerprint density at radius 1 is 0.967 bits per heavy atom. The van der Waals surface area contributed by atoms with Gasteiger partial charge in [-0.05, 0) is 76.1 Å². The van der Waals surface area contributed by atoms with Gasteiger partial charge in [0.15, 0.2) is 5.78 Å². The summed E-state index contributed by atoms with van der Waals surface area (Å²) in [7, 11) is 1.60. The van der Waals surface area contributed by atoms with Crippen molar-refractivity contribution >= 4 is 62.6 Å². The summed E-state index contributed by atoms with van der Waals surface area (Å²) in [5, 5.41) is 1.36. The maximum absolute atomic E-state index is 12.4. The molecule has 154 valence electrons. The molecule has 3 aromatic carbocycles. The lowest BCUT2D eigenvalue weighted by Crippen LogP contribution is -2.00. The van der Waals surface area contributed by atoms with Crippen LogP contribution in [0.25, 0.3) is 6.08 Å². The van der Waals surface area contributed by atoms with Crippen molar-refractivity contribution in [2.75, 3.05) is 7.11 Å². The molecule has 0 spiro atoms. The number of hydrogen-bond acceptors (Lipinski definition) is 3. The highest BCUT2D eigenvalue weighted by molar-refractivity contribution is 9.10. The van der Waals surface area contributed by atoms with Crippen LogP contribution in [0.5, 0.6) is 11.5 Å². The Balaban J connectivity index is 1.77. The molecule has 30 heavy (non-hydrogen) atoms. The normalized spacial score (nSPS) is 11.0. The average molecular weight is 527 g/mol. The van der Waals surface area contributed by atoms with Crippen molar-refractivity contribution in [1.29, 1.82) is 0 Å². The van der Waals surface area contributed by atoms with E-state index in [4.69, 9.17) is 44.3 Å². The van der Waals surface area contributed by atoms with Crippen molar-refractivity contribution in [3.8, 4) is 11.5 Å². The molecule has 7 heteroatoms. The number of methoxy groups -OCH3 is 1. The smallest absolute Gasteiger partial charge is 0.185 e. The first-order valence-electron chi connectivity index (χ1n) is 8.79. The van der Waals surface area contributed by atoms with Crippen LogP contribution in [0.15, 0.2) is 65.1 Å². The molecule has 0 atom stereocenters. The molecule has 0 aromatic heterocycles. The third-order valence-corrected chi connectivity index (χ3v) is 5.81. The van der Waals surface area contributed by atoms with E-state index in [9.17, 15) is 4.79 Å². The molecule has 0 saturated carbocycles. The highest BCUT2D eigenvalue weighted by Gasteiger charge is 2.09. The summed E-state index contributed by atoms with van der Waals surface area (Å²) in [6.45, 7) is 0.284. The van der Waals surface area contributed by atoms with Crippen LogP contribution in [0.1, 0.15) is 21.5 Å². The van der Waals surface area contributed by atoms with Crippen LogP contribution in [-0.2, 0) is 6.61 Å². The molecule has 0 heterocycles. The van der Waals surface area contributed by atoms with E-state index >= 15 is 0 Å². The van der Waals surface area contributed by atoms with Crippen LogP contribution in [-0.4, -0.2) is 12.9 Å². The lowest BCUT2D eigenvalue weighted by atomic mass is 10.1. The molecular formula is C23H16BrCl3O3. The standard InChI is InChI=1S/C23H16BrCl3O3/c1-29-22-8-3-14(2-7-21(28)15-4-6-19(26)20(27)11-15)10-16(22)13-30-23-9-5-17(25)12-18(23)24/h2-12H,13H2,1H3/b7-2+. The van der Waals surface area contributed by atoms with Crippen molar-refractivity contribution in [3.05, 3.63) is 96.9 Å². The Hall–Kier alpha value is -1.98. The monoisotopic (exact) mass is 524 g/mol. The molecule has 0 radical (unpaired) electrons. The predicted molar refractivity (Wildman–Crippen MR) is 126 cm³/mol. The van der Waals surface area contributed by atoms with Crippen LogP contribution < -0.4 is 9.47 Å². The Labute approximate surface area is 198 Å². The van der Waals surface area contributed by atoms with Gasteiger partial charge in [0, 0.05) is 16.1 Å². The first kappa shape index (κ1) is 22.7. The largest absolute Gasteiger partial charge is 0.496 e. The maximum Gasteiger partial charge on any atom is 0.185 e. The minimum atomic E-state index is -0.174. The molecule has 0 N–H and O–H groups in total. The van der Waals surface area contributed by atoms with E-state index in [0.29, 0.717) is 32.1 Å². The highest BCUT2D eigenvalue weighted by atomic mass is 79.9. The zero-order valence-electron chi connectivity index (χ0n) is 15.8. The van der Waals surface area contributed by atoms with E-state index in [1.165, 1.54) is 6.08 Å². The summed E-state index contributed by atoms with van der Waals surface area (Å²) in [6, 6.07) is 15.7. The number of ketones is 1. The van der Waals surface area contributed by atoms with Crippen molar-refractivity contribution in [3.63, 3.8) is 0 Å². The SMILES string of the molecule is COc1ccc(/C=C/C(=O)c2ccc(Cl)c(Cl)c2)cc1COc1ccc(Cl)cc1Br. The van der Waals surface area contributed by atoms with Crippen LogP contribution in [0.2, 0.25) is 15.1 Å². The van der Waals surface area contributed by atoms with Gasteiger partial charge < -0.3 is 9.47 Å². The fourth-order valence-electron chi connectivity index (χ4n) is 2.68. The third-order valence-electron chi connectivity index (χ3n) is 4.21. The summed E-state index contributed by atoms with van der Waals surface area (Å²) in [4.78, 5) is 12.4. The Kier molecular flexibility index (Phi) is 7.84. The van der Waals surface area contributed by atoms with Gasteiger partial charge in [0.05, 0.1) is 21.6 Å².